The van der Waals surface area contributed by atoms with Crippen LogP contribution in [0.4, 0.5) is 13.2 Å². The number of hydrogen-bond donors (Lipinski definition) is 0. The van der Waals surface area contributed by atoms with Crippen molar-refractivity contribution in [2.45, 2.75) is 25.1 Å². The Hall–Kier alpha value is -1.11. The summed E-state index contributed by atoms with van der Waals surface area (Å²) in [5.74, 6) is -1.63. The molecule has 0 N–H and O–H groups in total. The van der Waals surface area contributed by atoms with E-state index in [1.165, 1.54) is 0 Å². The van der Waals surface area contributed by atoms with Gasteiger partial charge in [-0.15, -0.1) is 0 Å². The normalized spacial score (nSPS) is 10.8. The highest BCUT2D eigenvalue weighted by Crippen LogP contribution is 2.26. The number of ether oxygens (including phenoxy) is 1. The highest BCUT2D eigenvalue weighted by molar-refractivity contribution is 9.08. The lowest BCUT2D eigenvalue weighted by Crippen LogP contribution is -2.12. The lowest BCUT2D eigenvalue weighted by Gasteiger charge is -2.10. The average Bonchev–Trinajstić information content (AvgIpc) is 2.29. The molecule has 0 saturated carbocycles. The van der Waals surface area contributed by atoms with Crippen molar-refractivity contribution in [1.82, 2.24) is 4.98 Å². The quantitative estimate of drug-likeness (QED) is 0.616. The predicted octanol–water partition coefficient (Wildman–Crippen LogP) is 3.16. The molecule has 0 amide bonds. The summed E-state index contributed by atoms with van der Waals surface area (Å²) in [6.45, 7) is 1.84. The first kappa shape index (κ1) is 14.9. The van der Waals surface area contributed by atoms with Crippen molar-refractivity contribution >= 4 is 21.9 Å². The van der Waals surface area contributed by atoms with Crippen molar-refractivity contribution in [3.05, 3.63) is 28.8 Å². The van der Waals surface area contributed by atoms with Gasteiger partial charge < -0.3 is 4.74 Å². The van der Waals surface area contributed by atoms with E-state index in [0.29, 0.717) is 0 Å². The summed E-state index contributed by atoms with van der Waals surface area (Å²) in [5.41, 5.74) is -0.655. The number of nitrogens with zero attached hydrogens (tertiary/aromatic N) is 1. The summed E-state index contributed by atoms with van der Waals surface area (Å²) in [7, 11) is 0. The van der Waals surface area contributed by atoms with Crippen molar-refractivity contribution in [2.75, 3.05) is 6.61 Å². The highest BCUT2D eigenvalue weighted by atomic mass is 79.9. The molecule has 3 nitrogen and oxygen atoms in total. The van der Waals surface area contributed by atoms with Gasteiger partial charge in [0.25, 0.3) is 6.43 Å². The number of carbonyl (C=O) groups excluding carboxylic acids is 1. The van der Waals surface area contributed by atoms with Gasteiger partial charge in [0.2, 0.25) is 0 Å². The largest absolute Gasteiger partial charge is 0.466 e. The van der Waals surface area contributed by atoms with Crippen LogP contribution in [0.25, 0.3) is 0 Å². The third-order valence-corrected chi connectivity index (χ3v) is 2.78. The van der Waals surface area contributed by atoms with Crippen LogP contribution in [0.5, 0.6) is 0 Å². The minimum absolute atomic E-state index is 0.00773. The number of aromatic nitrogens is 1. The molecule has 0 aliphatic rings. The molecule has 1 aromatic heterocycles. The standard InChI is InChI=1S/C11H11BrF3NO2/c1-2-18-8(17)3-6-5-16-10(11(14)15)9(13)7(6)4-12/h5,11H,2-4H2,1H3. The molecule has 0 saturated heterocycles. The zero-order chi connectivity index (χ0) is 13.7. The first-order valence-electron chi connectivity index (χ1n) is 5.17. The fraction of sp³-hybridized carbons (Fsp3) is 0.455. The Kier molecular flexibility index (Phi) is 5.58. The van der Waals surface area contributed by atoms with E-state index < -0.39 is 23.9 Å². The SMILES string of the molecule is CCOC(=O)Cc1cnc(C(F)F)c(F)c1CBr. The van der Waals surface area contributed by atoms with Crippen molar-refractivity contribution in [2.24, 2.45) is 0 Å². The Morgan fingerprint density at radius 2 is 2.22 bits per heavy atom. The lowest BCUT2D eigenvalue weighted by atomic mass is 10.1. The number of pyridine rings is 1. The molecular weight excluding hydrogens is 315 g/mol. The van der Waals surface area contributed by atoms with Gasteiger partial charge in [-0.2, -0.15) is 0 Å². The van der Waals surface area contributed by atoms with E-state index in [2.05, 4.69) is 20.9 Å². The molecule has 0 atom stereocenters. The molecule has 1 heterocycles. The maximum Gasteiger partial charge on any atom is 0.310 e. The fourth-order valence-electron chi connectivity index (χ4n) is 1.39. The van der Waals surface area contributed by atoms with Gasteiger partial charge in [0.1, 0.15) is 5.69 Å². The predicted molar refractivity (Wildman–Crippen MR) is 62.1 cm³/mol. The number of carbonyl (C=O) groups is 1. The molecular formula is C11H11BrF3NO2. The van der Waals surface area contributed by atoms with Crippen LogP contribution in [0.1, 0.15) is 30.2 Å². The van der Waals surface area contributed by atoms with E-state index in [4.69, 9.17) is 4.74 Å². The number of hydrogen-bond acceptors (Lipinski definition) is 3. The Morgan fingerprint density at radius 3 is 2.72 bits per heavy atom. The molecule has 7 heteroatoms. The number of halogens is 4. The minimum Gasteiger partial charge on any atom is -0.466 e. The molecule has 0 unspecified atom stereocenters. The lowest BCUT2D eigenvalue weighted by molar-refractivity contribution is -0.142. The summed E-state index contributed by atoms with van der Waals surface area (Å²) < 4.78 is 43.3. The maximum atomic E-state index is 13.7. The van der Waals surface area contributed by atoms with Crippen molar-refractivity contribution < 1.29 is 22.7 Å². The molecule has 0 radical (unpaired) electrons. The third-order valence-electron chi connectivity index (χ3n) is 2.22. The summed E-state index contributed by atoms with van der Waals surface area (Å²) in [5, 5.41) is 0.0236. The molecule has 0 bridgehead atoms. The molecule has 0 spiro atoms. The monoisotopic (exact) mass is 325 g/mol. The summed E-state index contributed by atoms with van der Waals surface area (Å²) in [6, 6.07) is 0. The van der Waals surface area contributed by atoms with Gasteiger partial charge in [0.05, 0.1) is 13.0 Å². The molecule has 1 aromatic rings. The number of rotatable bonds is 5. The summed E-state index contributed by atoms with van der Waals surface area (Å²) in [6.07, 6.45) is -2.10. The van der Waals surface area contributed by atoms with Gasteiger partial charge >= 0.3 is 5.97 Å². The average molecular weight is 326 g/mol. The zero-order valence-corrected chi connectivity index (χ0v) is 11.1. The van der Waals surface area contributed by atoms with Gasteiger partial charge in [0.15, 0.2) is 5.82 Å². The molecule has 1 rings (SSSR count). The molecule has 0 aliphatic carbocycles. The van der Waals surface area contributed by atoms with Crippen LogP contribution in [0.3, 0.4) is 0 Å². The molecule has 100 valence electrons. The van der Waals surface area contributed by atoms with Crippen LogP contribution in [0.15, 0.2) is 6.20 Å². The van der Waals surface area contributed by atoms with Gasteiger partial charge in [-0.3, -0.25) is 9.78 Å². The first-order valence-corrected chi connectivity index (χ1v) is 6.29. The first-order chi connectivity index (χ1) is 8.51. The van der Waals surface area contributed by atoms with Crippen LogP contribution >= 0.6 is 15.9 Å². The van der Waals surface area contributed by atoms with E-state index in [1.54, 1.807) is 6.92 Å². The van der Waals surface area contributed by atoms with Gasteiger partial charge in [-0.05, 0) is 12.5 Å². The summed E-state index contributed by atoms with van der Waals surface area (Å²) in [4.78, 5) is 14.6. The van der Waals surface area contributed by atoms with Crippen molar-refractivity contribution in [1.29, 1.82) is 0 Å². The Balaban J connectivity index is 3.07. The van der Waals surface area contributed by atoms with Crippen molar-refractivity contribution in [3.63, 3.8) is 0 Å². The Labute approximate surface area is 110 Å². The van der Waals surface area contributed by atoms with Gasteiger partial charge in [0, 0.05) is 17.1 Å². The second kappa shape index (κ2) is 6.72. The van der Waals surface area contributed by atoms with Crippen LogP contribution in [-0.2, 0) is 21.3 Å². The fourth-order valence-corrected chi connectivity index (χ4v) is 2.00. The Morgan fingerprint density at radius 1 is 1.56 bits per heavy atom. The van der Waals surface area contributed by atoms with Crippen molar-refractivity contribution in [3.8, 4) is 0 Å². The van der Waals surface area contributed by atoms with E-state index in [0.717, 1.165) is 6.20 Å². The molecule has 0 aromatic carbocycles. The Bertz CT molecular complexity index is 441. The van der Waals surface area contributed by atoms with Gasteiger partial charge in [-0.1, -0.05) is 15.9 Å². The van der Waals surface area contributed by atoms with Crippen LogP contribution in [-0.4, -0.2) is 17.6 Å². The highest BCUT2D eigenvalue weighted by Gasteiger charge is 2.21. The van der Waals surface area contributed by atoms with E-state index >= 15 is 0 Å². The number of esters is 1. The minimum atomic E-state index is -2.99. The second-order valence-electron chi connectivity index (χ2n) is 3.38. The smallest absolute Gasteiger partial charge is 0.310 e. The van der Waals surface area contributed by atoms with E-state index in [9.17, 15) is 18.0 Å². The summed E-state index contributed by atoms with van der Waals surface area (Å²) >= 11 is 3.01. The number of alkyl halides is 3. The molecule has 0 fully saturated rings. The maximum absolute atomic E-state index is 13.7. The van der Waals surface area contributed by atoms with E-state index in [-0.39, 0.29) is 29.5 Å². The second-order valence-corrected chi connectivity index (χ2v) is 3.94. The van der Waals surface area contributed by atoms with E-state index in [1.807, 2.05) is 0 Å². The van der Waals surface area contributed by atoms with Crippen LogP contribution in [0, 0.1) is 5.82 Å². The zero-order valence-electron chi connectivity index (χ0n) is 9.55. The third kappa shape index (κ3) is 3.44. The van der Waals surface area contributed by atoms with Gasteiger partial charge in [-0.25, -0.2) is 13.2 Å². The molecule has 0 aliphatic heterocycles. The van der Waals surface area contributed by atoms with Crippen LogP contribution in [0.2, 0.25) is 0 Å². The molecule has 18 heavy (non-hydrogen) atoms. The topological polar surface area (TPSA) is 39.2 Å². The van der Waals surface area contributed by atoms with Crippen LogP contribution < -0.4 is 0 Å².